The van der Waals surface area contributed by atoms with E-state index in [0.29, 0.717) is 5.69 Å². The zero-order valence-electron chi connectivity index (χ0n) is 12.9. The van der Waals surface area contributed by atoms with Gasteiger partial charge in [-0.15, -0.1) is 0 Å². The van der Waals surface area contributed by atoms with Crippen LogP contribution in [-0.2, 0) is 9.53 Å². The highest BCUT2D eigenvalue weighted by Crippen LogP contribution is 2.23. The lowest BCUT2D eigenvalue weighted by molar-refractivity contribution is -0.120. The molecule has 0 aliphatic rings. The summed E-state index contributed by atoms with van der Waals surface area (Å²) < 4.78 is 4.93. The zero-order chi connectivity index (χ0) is 16.0. The van der Waals surface area contributed by atoms with Gasteiger partial charge >= 0.3 is 5.97 Å². The van der Waals surface area contributed by atoms with E-state index in [1.165, 1.54) is 0 Å². The van der Waals surface area contributed by atoms with Crippen molar-refractivity contribution in [3.63, 3.8) is 0 Å². The van der Waals surface area contributed by atoms with Crippen LogP contribution in [0.3, 0.4) is 0 Å². The van der Waals surface area contributed by atoms with Gasteiger partial charge in [0.15, 0.2) is 0 Å². The van der Waals surface area contributed by atoms with Gasteiger partial charge in [0.05, 0.1) is 30.1 Å². The van der Waals surface area contributed by atoms with Crippen LogP contribution < -0.4 is 16.4 Å². The molecule has 0 atom stereocenters. The van der Waals surface area contributed by atoms with Gasteiger partial charge in [0.1, 0.15) is 0 Å². The molecule has 0 aliphatic heterocycles. The molecule has 0 fully saturated rings. The van der Waals surface area contributed by atoms with Gasteiger partial charge in [-0.2, -0.15) is 0 Å². The van der Waals surface area contributed by atoms with E-state index >= 15 is 0 Å². The molecule has 0 saturated heterocycles. The summed E-state index contributed by atoms with van der Waals surface area (Å²) in [6.45, 7) is 7.80. The summed E-state index contributed by atoms with van der Waals surface area (Å²) in [6.07, 6.45) is 0. The van der Waals surface area contributed by atoms with Crippen molar-refractivity contribution in [1.29, 1.82) is 0 Å². The summed E-state index contributed by atoms with van der Waals surface area (Å²) in [4.78, 5) is 23.5. The second kappa shape index (κ2) is 6.97. The Labute approximate surface area is 125 Å². The van der Waals surface area contributed by atoms with E-state index in [2.05, 4.69) is 10.6 Å². The lowest BCUT2D eigenvalue weighted by Gasteiger charge is -2.21. The van der Waals surface area contributed by atoms with Gasteiger partial charge in [-0.05, 0) is 39.8 Å². The van der Waals surface area contributed by atoms with Crippen molar-refractivity contribution in [3.8, 4) is 0 Å². The number of nitrogens with two attached hydrogens (primary N) is 1. The third-order valence-electron chi connectivity index (χ3n) is 2.56. The number of nitrogen functional groups attached to an aromatic ring is 1. The van der Waals surface area contributed by atoms with Crippen molar-refractivity contribution in [2.24, 2.45) is 0 Å². The van der Waals surface area contributed by atoms with Crippen molar-refractivity contribution >= 4 is 23.3 Å². The number of carbonyl (C=O) groups excluding carboxylic acids is 2. The first kappa shape index (κ1) is 16.8. The number of anilines is 2. The van der Waals surface area contributed by atoms with Gasteiger partial charge in [0.2, 0.25) is 5.91 Å². The standard InChI is InChI=1S/C15H23N3O3/c1-5-21-14(20)10-7-6-8-11(13(10)16)17-9-12(19)18-15(2,3)4/h6-8,17H,5,9,16H2,1-4H3,(H,18,19). The summed E-state index contributed by atoms with van der Waals surface area (Å²) in [5.74, 6) is -0.624. The lowest BCUT2D eigenvalue weighted by atomic mass is 10.1. The predicted octanol–water partition coefficient (Wildman–Crippen LogP) is 1.77. The third kappa shape index (κ3) is 5.33. The molecule has 0 radical (unpaired) electrons. The van der Waals surface area contributed by atoms with Crippen LogP contribution >= 0.6 is 0 Å². The van der Waals surface area contributed by atoms with Crippen LogP contribution in [0.1, 0.15) is 38.1 Å². The number of ether oxygens (including phenoxy) is 1. The van der Waals surface area contributed by atoms with Crippen molar-refractivity contribution in [3.05, 3.63) is 23.8 Å². The maximum atomic E-state index is 11.8. The molecule has 0 heterocycles. The zero-order valence-corrected chi connectivity index (χ0v) is 12.9. The van der Waals surface area contributed by atoms with Gasteiger partial charge < -0.3 is 21.1 Å². The molecule has 0 bridgehead atoms. The fourth-order valence-corrected chi connectivity index (χ4v) is 1.74. The molecule has 0 saturated carbocycles. The Hall–Kier alpha value is -2.24. The number of esters is 1. The molecule has 1 aromatic rings. The molecule has 0 aliphatic carbocycles. The lowest BCUT2D eigenvalue weighted by Crippen LogP contribution is -2.43. The number of amides is 1. The molecule has 6 heteroatoms. The maximum absolute atomic E-state index is 11.8. The quantitative estimate of drug-likeness (QED) is 0.568. The number of benzene rings is 1. The highest BCUT2D eigenvalue weighted by atomic mass is 16.5. The maximum Gasteiger partial charge on any atom is 0.340 e. The Bertz CT molecular complexity index is 521. The molecule has 4 N–H and O–H groups in total. The monoisotopic (exact) mass is 293 g/mol. The molecule has 1 rings (SSSR count). The largest absolute Gasteiger partial charge is 0.462 e. The van der Waals surface area contributed by atoms with Crippen molar-refractivity contribution in [1.82, 2.24) is 5.32 Å². The molecule has 1 aromatic carbocycles. The average molecular weight is 293 g/mol. The Morgan fingerprint density at radius 1 is 1.29 bits per heavy atom. The fourth-order valence-electron chi connectivity index (χ4n) is 1.74. The number of para-hydroxylation sites is 1. The topological polar surface area (TPSA) is 93.4 Å². The first-order chi connectivity index (χ1) is 9.74. The molecular weight excluding hydrogens is 270 g/mol. The SMILES string of the molecule is CCOC(=O)c1cccc(NCC(=O)NC(C)(C)C)c1N. The number of rotatable bonds is 5. The summed E-state index contributed by atoms with van der Waals surface area (Å²) in [5, 5.41) is 5.76. The Morgan fingerprint density at radius 2 is 1.95 bits per heavy atom. The van der Waals surface area contributed by atoms with E-state index in [1.54, 1.807) is 25.1 Å². The third-order valence-corrected chi connectivity index (χ3v) is 2.56. The number of hydrogen-bond donors (Lipinski definition) is 3. The van der Waals surface area contributed by atoms with Gasteiger partial charge in [0, 0.05) is 5.54 Å². The van der Waals surface area contributed by atoms with E-state index in [-0.39, 0.29) is 35.8 Å². The van der Waals surface area contributed by atoms with Crippen LogP contribution in [0.15, 0.2) is 18.2 Å². The molecule has 0 unspecified atom stereocenters. The van der Waals surface area contributed by atoms with Crippen LogP contribution in [0.4, 0.5) is 11.4 Å². The highest BCUT2D eigenvalue weighted by molar-refractivity contribution is 5.98. The van der Waals surface area contributed by atoms with Crippen LogP contribution in [0.2, 0.25) is 0 Å². The highest BCUT2D eigenvalue weighted by Gasteiger charge is 2.16. The fraction of sp³-hybridized carbons (Fsp3) is 0.467. The summed E-state index contributed by atoms with van der Waals surface area (Å²) >= 11 is 0. The number of nitrogens with one attached hydrogen (secondary N) is 2. The van der Waals surface area contributed by atoms with Crippen LogP contribution in [0, 0.1) is 0 Å². The van der Waals surface area contributed by atoms with Crippen LogP contribution in [0.5, 0.6) is 0 Å². The molecule has 6 nitrogen and oxygen atoms in total. The number of carbonyl (C=O) groups is 2. The van der Waals surface area contributed by atoms with E-state index < -0.39 is 5.97 Å². The van der Waals surface area contributed by atoms with Crippen LogP contribution in [0.25, 0.3) is 0 Å². The minimum absolute atomic E-state index is 0.0771. The second-order valence-corrected chi connectivity index (χ2v) is 5.64. The van der Waals surface area contributed by atoms with E-state index in [4.69, 9.17) is 10.5 Å². The molecule has 0 spiro atoms. The molecule has 0 aromatic heterocycles. The molecular formula is C15H23N3O3. The van der Waals surface area contributed by atoms with E-state index in [9.17, 15) is 9.59 Å². The van der Waals surface area contributed by atoms with E-state index in [1.807, 2.05) is 20.8 Å². The first-order valence-electron chi connectivity index (χ1n) is 6.85. The Morgan fingerprint density at radius 3 is 2.52 bits per heavy atom. The normalized spacial score (nSPS) is 10.9. The Kier molecular flexibility index (Phi) is 5.58. The van der Waals surface area contributed by atoms with Crippen molar-refractivity contribution in [2.75, 3.05) is 24.2 Å². The Balaban J connectivity index is 2.74. The van der Waals surface area contributed by atoms with Gasteiger partial charge in [0.25, 0.3) is 0 Å². The summed E-state index contributed by atoms with van der Waals surface area (Å²) in [6, 6.07) is 4.99. The van der Waals surface area contributed by atoms with Crippen molar-refractivity contribution < 1.29 is 14.3 Å². The summed E-state index contributed by atoms with van der Waals surface area (Å²) in [5.41, 5.74) is 6.74. The second-order valence-electron chi connectivity index (χ2n) is 5.64. The molecule has 116 valence electrons. The van der Waals surface area contributed by atoms with Gasteiger partial charge in [-0.3, -0.25) is 4.79 Å². The van der Waals surface area contributed by atoms with Crippen LogP contribution in [-0.4, -0.2) is 30.6 Å². The smallest absolute Gasteiger partial charge is 0.340 e. The molecule has 21 heavy (non-hydrogen) atoms. The summed E-state index contributed by atoms with van der Waals surface area (Å²) in [7, 11) is 0. The van der Waals surface area contributed by atoms with E-state index in [0.717, 1.165) is 0 Å². The first-order valence-corrected chi connectivity index (χ1v) is 6.85. The predicted molar refractivity (Wildman–Crippen MR) is 83.2 cm³/mol. The van der Waals surface area contributed by atoms with Gasteiger partial charge in [-0.1, -0.05) is 6.07 Å². The molecule has 1 amide bonds. The van der Waals surface area contributed by atoms with Gasteiger partial charge in [-0.25, -0.2) is 4.79 Å². The van der Waals surface area contributed by atoms with Crippen molar-refractivity contribution in [2.45, 2.75) is 33.2 Å². The number of hydrogen-bond acceptors (Lipinski definition) is 5. The minimum Gasteiger partial charge on any atom is -0.462 e. The average Bonchev–Trinajstić information content (AvgIpc) is 2.35. The minimum atomic E-state index is -0.474.